The fourth-order valence-electron chi connectivity index (χ4n) is 1.82. The Balaban J connectivity index is 3.54. The van der Waals surface area contributed by atoms with Crippen LogP contribution in [0.5, 0.6) is 5.75 Å². The highest BCUT2D eigenvalue weighted by molar-refractivity contribution is 7.78. The van der Waals surface area contributed by atoms with Gasteiger partial charge in [-0.25, -0.2) is 0 Å². The predicted molar refractivity (Wildman–Crippen MR) is 75.9 cm³/mol. The molecule has 0 N–H and O–H groups in total. The van der Waals surface area contributed by atoms with Gasteiger partial charge in [0.2, 0.25) is 0 Å². The first-order chi connectivity index (χ1) is 8.01. The van der Waals surface area contributed by atoms with Crippen molar-refractivity contribution in [3.8, 4) is 5.75 Å². The third kappa shape index (κ3) is 3.15. The molecule has 0 bridgehead atoms. The summed E-state index contributed by atoms with van der Waals surface area (Å²) >= 11 is 4.74. The van der Waals surface area contributed by atoms with Crippen molar-refractivity contribution in [1.29, 1.82) is 0 Å². The molecular weight excluding hydrogens is 230 g/mol. The molecule has 0 saturated carbocycles. The minimum Gasteiger partial charge on any atom is -0.497 e. The van der Waals surface area contributed by atoms with Crippen LogP contribution >= 0.6 is 12.2 Å². The summed E-state index contributed by atoms with van der Waals surface area (Å²) in [6.45, 7) is 8.56. The van der Waals surface area contributed by atoms with Crippen LogP contribution in [0.4, 0.5) is 5.69 Å². The summed E-state index contributed by atoms with van der Waals surface area (Å²) in [5.41, 5.74) is 3.27. The lowest BCUT2D eigenvalue weighted by molar-refractivity contribution is 0.413. The lowest BCUT2D eigenvalue weighted by Gasteiger charge is -2.17. The van der Waals surface area contributed by atoms with E-state index in [1.165, 1.54) is 0 Å². The molecule has 1 aromatic carbocycles. The molecule has 0 heterocycles. The monoisotopic (exact) mass is 249 g/mol. The van der Waals surface area contributed by atoms with Gasteiger partial charge in [0, 0.05) is 0 Å². The van der Waals surface area contributed by atoms with Crippen molar-refractivity contribution in [1.82, 2.24) is 0 Å². The van der Waals surface area contributed by atoms with Crippen LogP contribution < -0.4 is 4.74 Å². The Labute approximate surface area is 109 Å². The molecule has 2 nitrogen and oxygen atoms in total. The van der Waals surface area contributed by atoms with Crippen LogP contribution in [0.25, 0.3) is 0 Å². The molecule has 3 heteroatoms. The molecule has 1 rings (SSSR count). The highest BCUT2D eigenvalue weighted by Gasteiger charge is 2.15. The summed E-state index contributed by atoms with van der Waals surface area (Å²) in [5, 5.41) is 2.48. The van der Waals surface area contributed by atoms with E-state index < -0.39 is 0 Å². The maximum absolute atomic E-state index is 5.34. The lowest BCUT2D eigenvalue weighted by Crippen LogP contribution is -1.97. The zero-order chi connectivity index (χ0) is 13.0. The largest absolute Gasteiger partial charge is 0.497 e. The van der Waals surface area contributed by atoms with Gasteiger partial charge in [-0.3, -0.25) is 0 Å². The van der Waals surface area contributed by atoms with Gasteiger partial charge in [0.1, 0.15) is 5.75 Å². The van der Waals surface area contributed by atoms with Crippen LogP contribution in [-0.4, -0.2) is 12.3 Å². The number of hydrogen-bond acceptors (Lipinski definition) is 3. The lowest BCUT2D eigenvalue weighted by atomic mass is 9.92. The first-order valence-electron chi connectivity index (χ1n) is 5.81. The number of hydrogen-bond donors (Lipinski definition) is 0. The zero-order valence-electron chi connectivity index (χ0n) is 11.1. The second-order valence-corrected chi connectivity index (χ2v) is 4.85. The highest BCUT2D eigenvalue weighted by atomic mass is 32.1. The van der Waals surface area contributed by atoms with Crippen molar-refractivity contribution in [3.63, 3.8) is 0 Å². The van der Waals surface area contributed by atoms with E-state index >= 15 is 0 Å². The molecule has 0 radical (unpaired) electrons. The summed E-state index contributed by atoms with van der Waals surface area (Å²) in [7, 11) is 1.69. The number of benzene rings is 1. The molecule has 0 spiro atoms. The van der Waals surface area contributed by atoms with Crippen molar-refractivity contribution < 1.29 is 4.74 Å². The fraction of sp³-hybridized carbons (Fsp3) is 0.500. The third-order valence-electron chi connectivity index (χ3n) is 2.78. The first-order valence-corrected chi connectivity index (χ1v) is 6.21. The van der Waals surface area contributed by atoms with Crippen molar-refractivity contribution in [2.24, 2.45) is 4.99 Å². The van der Waals surface area contributed by atoms with Crippen molar-refractivity contribution in [3.05, 3.63) is 23.3 Å². The van der Waals surface area contributed by atoms with Gasteiger partial charge in [-0.1, -0.05) is 27.7 Å². The van der Waals surface area contributed by atoms with Crippen LogP contribution in [0.15, 0.2) is 17.1 Å². The molecule has 17 heavy (non-hydrogen) atoms. The van der Waals surface area contributed by atoms with E-state index in [4.69, 9.17) is 17.0 Å². The Kier molecular flexibility index (Phi) is 4.86. The molecule has 92 valence electrons. The summed E-state index contributed by atoms with van der Waals surface area (Å²) in [6.07, 6.45) is 0. The molecule has 0 atom stereocenters. The maximum Gasteiger partial charge on any atom is 0.119 e. The van der Waals surface area contributed by atoms with Gasteiger partial charge >= 0.3 is 0 Å². The molecule has 0 aliphatic carbocycles. The van der Waals surface area contributed by atoms with Gasteiger partial charge in [0.25, 0.3) is 0 Å². The van der Waals surface area contributed by atoms with Gasteiger partial charge in [-0.05, 0) is 47.3 Å². The molecule has 0 fully saturated rings. The summed E-state index contributed by atoms with van der Waals surface area (Å²) in [4.78, 5) is 4.23. The number of nitrogens with zero attached hydrogens (tertiary/aromatic N) is 1. The van der Waals surface area contributed by atoms with E-state index in [0.717, 1.165) is 22.6 Å². The molecule has 0 aliphatic heterocycles. The predicted octanol–water partition coefficient (Wildman–Crippen LogP) is 4.68. The van der Waals surface area contributed by atoms with E-state index in [-0.39, 0.29) is 0 Å². The average molecular weight is 249 g/mol. The fourth-order valence-corrected chi connectivity index (χ4v) is 1.92. The third-order valence-corrected chi connectivity index (χ3v) is 2.87. The summed E-state index contributed by atoms with van der Waals surface area (Å²) in [5.74, 6) is 1.63. The van der Waals surface area contributed by atoms with Crippen molar-refractivity contribution >= 4 is 23.1 Å². The normalized spacial score (nSPS) is 10.5. The Bertz CT molecular complexity index is 417. The number of ether oxygens (including phenoxy) is 1. The Hall–Kier alpha value is -1.18. The molecule has 0 saturated heterocycles. The van der Waals surface area contributed by atoms with Gasteiger partial charge in [0.15, 0.2) is 0 Å². The van der Waals surface area contributed by atoms with Gasteiger partial charge in [-0.2, -0.15) is 4.99 Å². The van der Waals surface area contributed by atoms with Crippen molar-refractivity contribution in [2.75, 3.05) is 7.11 Å². The zero-order valence-corrected chi connectivity index (χ0v) is 11.9. The molecule has 0 unspecified atom stereocenters. The molecular formula is C14H19NOS. The molecule has 0 aliphatic rings. The quantitative estimate of drug-likeness (QED) is 0.571. The number of aliphatic imine (C=N–C) groups is 1. The Morgan fingerprint density at radius 1 is 1.12 bits per heavy atom. The topological polar surface area (TPSA) is 21.6 Å². The number of rotatable bonds is 4. The van der Waals surface area contributed by atoms with E-state index in [1.54, 1.807) is 7.11 Å². The van der Waals surface area contributed by atoms with Crippen LogP contribution in [0, 0.1) is 0 Å². The van der Waals surface area contributed by atoms with Crippen LogP contribution in [0.3, 0.4) is 0 Å². The van der Waals surface area contributed by atoms with E-state index in [0.29, 0.717) is 11.8 Å². The molecule has 0 aromatic heterocycles. The molecule has 0 amide bonds. The summed E-state index contributed by atoms with van der Waals surface area (Å²) in [6, 6.07) is 4.06. The number of isothiocyanates is 1. The smallest absolute Gasteiger partial charge is 0.119 e. The number of thiocarbonyl (C=S) groups is 1. The molecule has 1 aromatic rings. The minimum atomic E-state index is 0.379. The minimum absolute atomic E-state index is 0.379. The first kappa shape index (κ1) is 13.9. The Morgan fingerprint density at radius 3 is 1.88 bits per heavy atom. The van der Waals surface area contributed by atoms with Gasteiger partial charge in [0.05, 0.1) is 18.0 Å². The standard InChI is InChI=1S/C14H19NOS/c1-9(2)12-6-11(16-5)7-13(10(3)4)14(12)15-8-17/h6-7,9-10H,1-5H3. The second kappa shape index (κ2) is 5.95. The van der Waals surface area contributed by atoms with E-state index in [2.05, 4.69) is 37.8 Å². The Morgan fingerprint density at radius 2 is 1.59 bits per heavy atom. The maximum atomic E-state index is 5.34. The van der Waals surface area contributed by atoms with Crippen LogP contribution in [0.1, 0.15) is 50.7 Å². The van der Waals surface area contributed by atoms with Gasteiger partial charge < -0.3 is 4.74 Å². The number of methoxy groups -OCH3 is 1. The van der Waals surface area contributed by atoms with Crippen LogP contribution in [-0.2, 0) is 0 Å². The highest BCUT2D eigenvalue weighted by Crippen LogP contribution is 2.37. The summed E-state index contributed by atoms with van der Waals surface area (Å²) < 4.78 is 5.34. The SMILES string of the molecule is COc1cc(C(C)C)c(N=C=S)c(C(C)C)c1. The second-order valence-electron chi connectivity index (χ2n) is 4.67. The van der Waals surface area contributed by atoms with E-state index in [1.807, 2.05) is 12.1 Å². The van der Waals surface area contributed by atoms with E-state index in [9.17, 15) is 0 Å². The average Bonchev–Trinajstić information content (AvgIpc) is 2.28. The van der Waals surface area contributed by atoms with Crippen LogP contribution in [0.2, 0.25) is 0 Å². The van der Waals surface area contributed by atoms with Crippen molar-refractivity contribution in [2.45, 2.75) is 39.5 Å². The van der Waals surface area contributed by atoms with Gasteiger partial charge in [-0.15, -0.1) is 0 Å².